The quantitative estimate of drug-likeness (QED) is 0.775. The number of methoxy groups -OCH3 is 1. The Bertz CT molecular complexity index is 1010. The van der Waals surface area contributed by atoms with E-state index in [0.717, 1.165) is 5.56 Å². The topological polar surface area (TPSA) is 93.4 Å². The number of nitrogens with zero attached hydrogens (tertiary/aromatic N) is 2. The molecule has 1 amide bonds. The normalized spacial score (nSPS) is 11.9. The van der Waals surface area contributed by atoms with Gasteiger partial charge < -0.3 is 19.4 Å². The van der Waals surface area contributed by atoms with Crippen molar-refractivity contribution in [3.63, 3.8) is 0 Å². The molecule has 1 N–H and O–H groups in total. The van der Waals surface area contributed by atoms with Crippen LogP contribution in [0.4, 0.5) is 0 Å². The summed E-state index contributed by atoms with van der Waals surface area (Å²) in [5.74, 6) is 0.683. The second-order valence-corrected chi connectivity index (χ2v) is 6.30. The molecule has 1 aromatic heterocycles. The predicted molar refractivity (Wildman–Crippen MR) is 99.6 cm³/mol. The highest BCUT2D eigenvalue weighted by atomic mass is 32.1. The van der Waals surface area contributed by atoms with E-state index >= 15 is 0 Å². The van der Waals surface area contributed by atoms with Gasteiger partial charge in [-0.25, -0.2) is 0 Å². The molecule has 2 rings (SSSR count). The fourth-order valence-electron chi connectivity index (χ4n) is 2.20. The van der Waals surface area contributed by atoms with Crippen molar-refractivity contribution < 1.29 is 14.3 Å². The van der Waals surface area contributed by atoms with E-state index in [0.29, 0.717) is 27.2 Å². The Morgan fingerprint density at radius 2 is 2.19 bits per heavy atom. The third-order valence-corrected chi connectivity index (χ3v) is 4.58. The largest absolute Gasteiger partial charge is 0.493 e. The first-order chi connectivity index (χ1) is 12.5. The molecule has 1 heterocycles. The van der Waals surface area contributed by atoms with Crippen LogP contribution in [0.3, 0.4) is 0 Å². The first-order valence-corrected chi connectivity index (χ1v) is 8.66. The summed E-state index contributed by atoms with van der Waals surface area (Å²) in [7, 11) is 3.13. The number of hydrogen-bond acceptors (Lipinski definition) is 6. The highest BCUT2D eigenvalue weighted by molar-refractivity contribution is 7.07. The smallest absolute Gasteiger partial charge is 0.268 e. The maximum Gasteiger partial charge on any atom is 0.268 e. The average Bonchev–Trinajstić information content (AvgIpc) is 2.89. The lowest BCUT2D eigenvalue weighted by molar-refractivity contribution is -0.123. The minimum Gasteiger partial charge on any atom is -0.493 e. The number of nitrogens with one attached hydrogen (secondary N) is 1. The molecule has 26 heavy (non-hydrogen) atoms. The Kier molecular flexibility index (Phi) is 6.58. The van der Waals surface area contributed by atoms with Gasteiger partial charge in [0.1, 0.15) is 4.66 Å². The molecule has 7 nitrogen and oxygen atoms in total. The SMILES string of the molecule is CCNC(=O)COc1ccc(/C=c2\s/c(=C\C#N)n(C)c2=O)cc1OC. The third kappa shape index (κ3) is 4.52. The minimum absolute atomic E-state index is 0.105. The fraction of sp³-hybridized carbons (Fsp3) is 0.278. The third-order valence-electron chi connectivity index (χ3n) is 3.47. The van der Waals surface area contributed by atoms with Crippen LogP contribution in [-0.2, 0) is 11.8 Å². The molecule has 0 radical (unpaired) electrons. The predicted octanol–water partition coefficient (Wildman–Crippen LogP) is 0.103. The molecule has 0 bridgehead atoms. The van der Waals surface area contributed by atoms with Crippen molar-refractivity contribution in [2.24, 2.45) is 7.05 Å². The second-order valence-electron chi connectivity index (χ2n) is 5.24. The summed E-state index contributed by atoms with van der Waals surface area (Å²) < 4.78 is 13.3. The van der Waals surface area contributed by atoms with Crippen LogP contribution in [-0.4, -0.2) is 30.7 Å². The highest BCUT2D eigenvalue weighted by Gasteiger charge is 2.08. The van der Waals surface area contributed by atoms with Crippen molar-refractivity contribution in [3.05, 3.63) is 43.3 Å². The molecule has 0 aliphatic rings. The molecule has 0 saturated carbocycles. The monoisotopic (exact) mass is 373 g/mol. The summed E-state index contributed by atoms with van der Waals surface area (Å²) in [6.45, 7) is 2.26. The number of carbonyl (C=O) groups is 1. The first kappa shape index (κ1) is 19.3. The van der Waals surface area contributed by atoms with Crippen molar-refractivity contribution in [2.45, 2.75) is 6.92 Å². The number of rotatable bonds is 6. The molecule has 136 valence electrons. The molecule has 0 unspecified atom stereocenters. The van der Waals surface area contributed by atoms with Gasteiger partial charge in [0, 0.05) is 19.7 Å². The van der Waals surface area contributed by atoms with E-state index < -0.39 is 0 Å². The van der Waals surface area contributed by atoms with Gasteiger partial charge in [-0.3, -0.25) is 9.59 Å². The summed E-state index contributed by atoms with van der Waals surface area (Å²) in [5.41, 5.74) is 0.571. The zero-order chi connectivity index (χ0) is 19.1. The molecule has 0 aliphatic carbocycles. The van der Waals surface area contributed by atoms with Gasteiger partial charge in [-0.05, 0) is 30.7 Å². The fourth-order valence-corrected chi connectivity index (χ4v) is 3.17. The Morgan fingerprint density at radius 1 is 1.42 bits per heavy atom. The first-order valence-electron chi connectivity index (χ1n) is 7.85. The molecule has 0 saturated heterocycles. The number of thiazole rings is 1. The molecule has 2 aromatic rings. The van der Waals surface area contributed by atoms with Gasteiger partial charge in [0.25, 0.3) is 11.5 Å². The molecular weight excluding hydrogens is 354 g/mol. The lowest BCUT2D eigenvalue weighted by atomic mass is 10.2. The van der Waals surface area contributed by atoms with Gasteiger partial charge in [-0.15, -0.1) is 11.3 Å². The Balaban J connectivity index is 2.34. The van der Waals surface area contributed by atoms with Gasteiger partial charge >= 0.3 is 0 Å². The van der Waals surface area contributed by atoms with E-state index in [1.54, 1.807) is 31.3 Å². The van der Waals surface area contributed by atoms with Crippen LogP contribution in [0.15, 0.2) is 23.0 Å². The lowest BCUT2D eigenvalue weighted by Gasteiger charge is -2.11. The van der Waals surface area contributed by atoms with Crippen molar-refractivity contribution in [1.82, 2.24) is 9.88 Å². The van der Waals surface area contributed by atoms with Gasteiger partial charge in [-0.1, -0.05) is 6.07 Å². The number of aromatic nitrogens is 1. The summed E-state index contributed by atoms with van der Waals surface area (Å²) >= 11 is 1.23. The summed E-state index contributed by atoms with van der Waals surface area (Å²) in [5, 5.41) is 11.4. The van der Waals surface area contributed by atoms with E-state index in [4.69, 9.17) is 14.7 Å². The number of benzene rings is 1. The van der Waals surface area contributed by atoms with Crippen molar-refractivity contribution in [3.8, 4) is 17.6 Å². The van der Waals surface area contributed by atoms with Crippen molar-refractivity contribution >= 4 is 29.4 Å². The van der Waals surface area contributed by atoms with Crippen molar-refractivity contribution in [1.29, 1.82) is 5.26 Å². The maximum absolute atomic E-state index is 12.2. The number of ether oxygens (including phenoxy) is 2. The molecule has 8 heteroatoms. The Morgan fingerprint density at radius 3 is 2.85 bits per heavy atom. The molecule has 1 aromatic carbocycles. The van der Waals surface area contributed by atoms with E-state index in [1.807, 2.05) is 13.0 Å². The molecule has 0 spiro atoms. The zero-order valence-electron chi connectivity index (χ0n) is 14.7. The number of nitriles is 1. The number of amides is 1. The highest BCUT2D eigenvalue weighted by Crippen LogP contribution is 2.28. The summed E-state index contributed by atoms with van der Waals surface area (Å²) in [6.07, 6.45) is 3.06. The van der Waals surface area contributed by atoms with Gasteiger partial charge in [-0.2, -0.15) is 5.26 Å². The molecular formula is C18H19N3O4S. The maximum atomic E-state index is 12.2. The molecule has 0 atom stereocenters. The zero-order valence-corrected chi connectivity index (χ0v) is 15.6. The van der Waals surface area contributed by atoms with Crippen LogP contribution in [0.5, 0.6) is 11.5 Å². The van der Waals surface area contributed by atoms with E-state index in [9.17, 15) is 9.59 Å². The molecule has 0 aliphatic heterocycles. The molecule has 0 fully saturated rings. The van der Waals surface area contributed by atoms with Crippen molar-refractivity contribution in [2.75, 3.05) is 20.3 Å². The van der Waals surface area contributed by atoms with E-state index in [2.05, 4.69) is 5.32 Å². The van der Waals surface area contributed by atoms with Crippen LogP contribution < -0.4 is 29.5 Å². The van der Waals surface area contributed by atoms with Gasteiger partial charge in [0.15, 0.2) is 18.1 Å². The summed E-state index contributed by atoms with van der Waals surface area (Å²) in [4.78, 5) is 23.7. The van der Waals surface area contributed by atoms with Crippen LogP contribution in [0.25, 0.3) is 12.2 Å². The second kappa shape index (κ2) is 8.87. The standard InChI is InChI=1S/C18H19N3O4S/c1-4-20-16(22)11-25-13-6-5-12(9-14(13)24-3)10-15-18(23)21(2)17(26-15)7-8-19/h5-7,9-10H,4,11H2,1-3H3,(H,20,22)/b15-10-,17-7-. The number of carbonyl (C=O) groups excluding carboxylic acids is 1. The van der Waals surface area contributed by atoms with Crippen LogP contribution in [0, 0.1) is 11.3 Å². The van der Waals surface area contributed by atoms with Gasteiger partial charge in [0.2, 0.25) is 0 Å². The van der Waals surface area contributed by atoms with Gasteiger partial charge in [0.05, 0.1) is 17.7 Å². The van der Waals surface area contributed by atoms with Crippen LogP contribution in [0.1, 0.15) is 12.5 Å². The van der Waals surface area contributed by atoms with Crippen LogP contribution in [0.2, 0.25) is 0 Å². The lowest BCUT2D eigenvalue weighted by Crippen LogP contribution is -2.28. The van der Waals surface area contributed by atoms with Crippen LogP contribution >= 0.6 is 11.3 Å². The average molecular weight is 373 g/mol. The number of hydrogen-bond donors (Lipinski definition) is 1. The van der Waals surface area contributed by atoms with E-state index in [-0.39, 0.29) is 18.1 Å². The minimum atomic E-state index is -0.214. The number of likely N-dealkylation sites (N-methyl/N-ethyl adjacent to an activating group) is 1. The Hall–Kier alpha value is -3.05. The Labute approximate surface area is 154 Å². The summed E-state index contributed by atoms with van der Waals surface area (Å²) in [6, 6.07) is 7.10. The van der Waals surface area contributed by atoms with E-state index in [1.165, 1.54) is 29.1 Å².